The average molecular weight is 310 g/mol. The zero-order valence-electron chi connectivity index (χ0n) is 14.1. The average Bonchev–Trinajstić information content (AvgIpc) is 2.97. The normalized spacial score (nSPS) is 22.1. The SMILES string of the molecule is CCCNC(c1cccs1)C1(OCC)CCC(C)(C)CC1. The van der Waals surface area contributed by atoms with Crippen molar-refractivity contribution in [3.63, 3.8) is 0 Å². The van der Waals surface area contributed by atoms with Crippen LogP contribution in [0.3, 0.4) is 0 Å². The summed E-state index contributed by atoms with van der Waals surface area (Å²) in [6.45, 7) is 11.0. The fraction of sp³-hybridized carbons (Fsp3) is 0.778. The molecular formula is C18H31NOS. The maximum absolute atomic E-state index is 6.39. The lowest BCUT2D eigenvalue weighted by atomic mass is 9.68. The van der Waals surface area contributed by atoms with E-state index in [0.29, 0.717) is 11.5 Å². The van der Waals surface area contributed by atoms with Crippen LogP contribution in [0.15, 0.2) is 17.5 Å². The van der Waals surface area contributed by atoms with Gasteiger partial charge in [-0.2, -0.15) is 0 Å². The van der Waals surface area contributed by atoms with E-state index in [0.717, 1.165) is 32.4 Å². The summed E-state index contributed by atoms with van der Waals surface area (Å²) in [4.78, 5) is 1.43. The Kier molecular flexibility index (Phi) is 5.87. The Labute approximate surface area is 134 Å². The minimum Gasteiger partial charge on any atom is -0.373 e. The summed E-state index contributed by atoms with van der Waals surface area (Å²) in [5.41, 5.74) is 0.440. The van der Waals surface area contributed by atoms with E-state index >= 15 is 0 Å². The first-order chi connectivity index (χ1) is 10.0. The van der Waals surface area contributed by atoms with Crippen molar-refractivity contribution in [1.82, 2.24) is 5.32 Å². The first-order valence-electron chi connectivity index (χ1n) is 8.44. The number of ether oxygens (including phenoxy) is 1. The van der Waals surface area contributed by atoms with Gasteiger partial charge in [0.1, 0.15) is 0 Å². The van der Waals surface area contributed by atoms with Gasteiger partial charge in [0.25, 0.3) is 0 Å². The lowest BCUT2D eigenvalue weighted by molar-refractivity contribution is -0.107. The van der Waals surface area contributed by atoms with Gasteiger partial charge >= 0.3 is 0 Å². The monoisotopic (exact) mass is 309 g/mol. The quantitative estimate of drug-likeness (QED) is 0.750. The van der Waals surface area contributed by atoms with Gasteiger partial charge in [0, 0.05) is 11.5 Å². The van der Waals surface area contributed by atoms with Crippen molar-refractivity contribution in [3.8, 4) is 0 Å². The molecule has 1 fully saturated rings. The van der Waals surface area contributed by atoms with E-state index in [1.165, 1.54) is 17.7 Å². The standard InChI is InChI=1S/C18H31NOS/c1-5-13-19-16(15-8-7-14-21-15)18(20-6-2)11-9-17(3,4)10-12-18/h7-8,14,16,19H,5-6,9-13H2,1-4H3. The topological polar surface area (TPSA) is 21.3 Å². The van der Waals surface area contributed by atoms with Gasteiger partial charge in [-0.05, 0) is 62.4 Å². The molecule has 2 rings (SSSR count). The third kappa shape index (κ3) is 4.08. The molecule has 1 N–H and O–H groups in total. The van der Waals surface area contributed by atoms with E-state index in [-0.39, 0.29) is 5.60 Å². The molecule has 0 spiro atoms. The maximum Gasteiger partial charge on any atom is 0.0884 e. The Hall–Kier alpha value is -0.380. The fourth-order valence-electron chi connectivity index (χ4n) is 3.44. The third-order valence-electron chi connectivity index (χ3n) is 4.83. The van der Waals surface area contributed by atoms with Crippen LogP contribution < -0.4 is 5.32 Å². The third-order valence-corrected chi connectivity index (χ3v) is 5.77. The number of hydrogen-bond donors (Lipinski definition) is 1. The summed E-state index contributed by atoms with van der Waals surface area (Å²) in [5, 5.41) is 5.96. The highest BCUT2D eigenvalue weighted by Gasteiger charge is 2.45. The van der Waals surface area contributed by atoms with Crippen molar-refractivity contribution in [1.29, 1.82) is 0 Å². The molecule has 1 aliphatic carbocycles. The zero-order chi connectivity index (χ0) is 15.3. The van der Waals surface area contributed by atoms with Crippen molar-refractivity contribution in [2.75, 3.05) is 13.2 Å². The molecule has 0 amide bonds. The molecule has 1 heterocycles. The molecule has 3 heteroatoms. The maximum atomic E-state index is 6.39. The number of thiophene rings is 1. The van der Waals surface area contributed by atoms with E-state index in [1.54, 1.807) is 0 Å². The molecule has 21 heavy (non-hydrogen) atoms. The molecular weight excluding hydrogens is 278 g/mol. The van der Waals surface area contributed by atoms with Crippen LogP contribution in [-0.4, -0.2) is 18.8 Å². The van der Waals surface area contributed by atoms with Crippen molar-refractivity contribution in [2.24, 2.45) is 5.41 Å². The van der Waals surface area contributed by atoms with E-state index in [1.807, 2.05) is 11.3 Å². The molecule has 0 aliphatic heterocycles. The predicted octanol–water partition coefficient (Wildman–Crippen LogP) is 5.16. The Bertz CT molecular complexity index is 403. The van der Waals surface area contributed by atoms with Gasteiger partial charge < -0.3 is 10.1 Å². The van der Waals surface area contributed by atoms with E-state index < -0.39 is 0 Å². The molecule has 2 nitrogen and oxygen atoms in total. The number of hydrogen-bond acceptors (Lipinski definition) is 3. The molecule has 120 valence electrons. The van der Waals surface area contributed by atoms with Crippen LogP contribution in [-0.2, 0) is 4.74 Å². The molecule has 1 saturated carbocycles. The summed E-state index contributed by atoms with van der Waals surface area (Å²) in [6, 6.07) is 4.76. The summed E-state index contributed by atoms with van der Waals surface area (Å²) in [6.07, 6.45) is 5.99. The van der Waals surface area contributed by atoms with E-state index in [4.69, 9.17) is 4.74 Å². The highest BCUT2D eigenvalue weighted by molar-refractivity contribution is 7.10. The molecule has 0 bridgehead atoms. The molecule has 1 aromatic heterocycles. The van der Waals surface area contributed by atoms with E-state index in [2.05, 4.69) is 50.5 Å². The van der Waals surface area contributed by atoms with Gasteiger partial charge in [0.15, 0.2) is 0 Å². The highest BCUT2D eigenvalue weighted by atomic mass is 32.1. The van der Waals surface area contributed by atoms with Crippen LogP contribution in [0.4, 0.5) is 0 Å². The first kappa shape index (κ1) is 17.0. The van der Waals surface area contributed by atoms with Crippen LogP contribution in [0, 0.1) is 5.41 Å². The predicted molar refractivity (Wildman–Crippen MR) is 92.0 cm³/mol. The number of rotatable bonds is 7. The second-order valence-corrected chi connectivity index (χ2v) is 8.04. The van der Waals surface area contributed by atoms with Gasteiger partial charge in [-0.15, -0.1) is 11.3 Å². The second kappa shape index (κ2) is 7.26. The van der Waals surface area contributed by atoms with Gasteiger partial charge in [-0.1, -0.05) is 26.8 Å². The smallest absolute Gasteiger partial charge is 0.0884 e. The van der Waals surface area contributed by atoms with Crippen LogP contribution in [0.25, 0.3) is 0 Å². The van der Waals surface area contributed by atoms with Crippen molar-refractivity contribution >= 4 is 11.3 Å². The molecule has 1 aromatic rings. The Morgan fingerprint density at radius 1 is 1.24 bits per heavy atom. The van der Waals surface area contributed by atoms with Crippen LogP contribution >= 0.6 is 11.3 Å². The van der Waals surface area contributed by atoms with Crippen LogP contribution in [0.1, 0.15) is 70.7 Å². The van der Waals surface area contributed by atoms with Gasteiger partial charge in [0.05, 0.1) is 11.6 Å². The molecule has 0 radical (unpaired) electrons. The highest BCUT2D eigenvalue weighted by Crippen LogP contribution is 2.48. The second-order valence-electron chi connectivity index (χ2n) is 7.06. The summed E-state index contributed by atoms with van der Waals surface area (Å²) in [5.74, 6) is 0. The van der Waals surface area contributed by atoms with Crippen molar-refractivity contribution in [3.05, 3.63) is 22.4 Å². The minimum absolute atomic E-state index is 0.0235. The van der Waals surface area contributed by atoms with Crippen molar-refractivity contribution < 1.29 is 4.74 Å². The molecule has 1 atom stereocenters. The summed E-state index contributed by atoms with van der Waals surface area (Å²) >= 11 is 1.86. The van der Waals surface area contributed by atoms with Gasteiger partial charge in [-0.3, -0.25) is 0 Å². The fourth-order valence-corrected chi connectivity index (χ4v) is 4.35. The number of nitrogens with one attached hydrogen (secondary N) is 1. The lowest BCUT2D eigenvalue weighted by Gasteiger charge is -2.47. The lowest BCUT2D eigenvalue weighted by Crippen LogP contribution is -2.49. The zero-order valence-corrected chi connectivity index (χ0v) is 14.9. The van der Waals surface area contributed by atoms with Gasteiger partial charge in [0.2, 0.25) is 0 Å². The van der Waals surface area contributed by atoms with Crippen LogP contribution in [0.2, 0.25) is 0 Å². The first-order valence-corrected chi connectivity index (χ1v) is 9.32. The largest absolute Gasteiger partial charge is 0.373 e. The molecule has 0 aromatic carbocycles. The molecule has 0 saturated heterocycles. The Balaban J connectivity index is 2.24. The molecule has 1 unspecified atom stereocenters. The summed E-state index contributed by atoms with van der Waals surface area (Å²) in [7, 11) is 0. The van der Waals surface area contributed by atoms with Crippen molar-refractivity contribution in [2.45, 2.75) is 71.4 Å². The van der Waals surface area contributed by atoms with Crippen LogP contribution in [0.5, 0.6) is 0 Å². The van der Waals surface area contributed by atoms with Gasteiger partial charge in [-0.25, -0.2) is 0 Å². The summed E-state index contributed by atoms with van der Waals surface area (Å²) < 4.78 is 6.39. The Morgan fingerprint density at radius 3 is 2.48 bits per heavy atom. The minimum atomic E-state index is -0.0235. The Morgan fingerprint density at radius 2 is 1.95 bits per heavy atom. The molecule has 1 aliphatic rings. The van der Waals surface area contributed by atoms with E-state index in [9.17, 15) is 0 Å².